The Balaban J connectivity index is 3.00. The van der Waals surface area contributed by atoms with Crippen LogP contribution in [-0.4, -0.2) is 16.1 Å². The number of carboxylic acid groups (broad SMARTS) is 1. The highest BCUT2D eigenvalue weighted by Gasteiger charge is 2.20. The minimum Gasteiger partial charge on any atom is -0.476 e. The lowest BCUT2D eigenvalue weighted by Crippen LogP contribution is -2.28. The van der Waals surface area contributed by atoms with Crippen LogP contribution in [0.3, 0.4) is 0 Å². The van der Waals surface area contributed by atoms with Gasteiger partial charge in [-0.2, -0.15) is 0 Å². The van der Waals surface area contributed by atoms with Crippen LogP contribution in [0.25, 0.3) is 0 Å². The first-order chi connectivity index (χ1) is 5.41. The van der Waals surface area contributed by atoms with Gasteiger partial charge in [0, 0.05) is 5.38 Å². The zero-order chi connectivity index (χ0) is 9.35. The third-order valence-corrected chi connectivity index (χ3v) is 2.46. The molecular formula is C7H10N2O2S. The number of hydrogen-bond donors (Lipinski definition) is 2. The first-order valence-electron chi connectivity index (χ1n) is 3.39. The zero-order valence-electron chi connectivity index (χ0n) is 6.87. The number of thiazole rings is 1. The Labute approximate surface area is 74.0 Å². The van der Waals surface area contributed by atoms with Crippen LogP contribution in [0.4, 0.5) is 0 Å². The van der Waals surface area contributed by atoms with Crippen molar-refractivity contribution in [2.24, 2.45) is 5.73 Å². The molecule has 0 aliphatic heterocycles. The maximum atomic E-state index is 10.4. The number of aromatic nitrogens is 1. The van der Waals surface area contributed by atoms with E-state index in [1.807, 2.05) is 0 Å². The van der Waals surface area contributed by atoms with Gasteiger partial charge in [0.1, 0.15) is 5.01 Å². The Bertz CT molecular complexity index is 301. The Morgan fingerprint density at radius 1 is 1.75 bits per heavy atom. The van der Waals surface area contributed by atoms with E-state index in [1.165, 1.54) is 16.7 Å². The molecule has 0 spiro atoms. The molecular weight excluding hydrogens is 176 g/mol. The fourth-order valence-corrected chi connectivity index (χ4v) is 1.50. The molecule has 0 radical (unpaired) electrons. The first-order valence-corrected chi connectivity index (χ1v) is 4.27. The van der Waals surface area contributed by atoms with Crippen molar-refractivity contribution in [2.75, 3.05) is 0 Å². The van der Waals surface area contributed by atoms with Crippen molar-refractivity contribution in [3.8, 4) is 0 Å². The summed E-state index contributed by atoms with van der Waals surface area (Å²) in [5.74, 6) is -1.01. The van der Waals surface area contributed by atoms with Crippen LogP contribution in [0.15, 0.2) is 5.38 Å². The lowest BCUT2D eigenvalue weighted by Gasteiger charge is -2.13. The molecule has 0 amide bonds. The summed E-state index contributed by atoms with van der Waals surface area (Å²) in [6.45, 7) is 3.58. The molecule has 0 saturated heterocycles. The number of aromatic carboxylic acids is 1. The van der Waals surface area contributed by atoms with Crippen LogP contribution in [0.5, 0.6) is 0 Å². The molecule has 0 fully saturated rings. The number of nitrogens with zero attached hydrogens (tertiary/aromatic N) is 1. The summed E-state index contributed by atoms with van der Waals surface area (Å²) >= 11 is 1.27. The van der Waals surface area contributed by atoms with Gasteiger partial charge in [-0.25, -0.2) is 9.78 Å². The molecule has 1 heterocycles. The van der Waals surface area contributed by atoms with Gasteiger partial charge in [-0.3, -0.25) is 0 Å². The van der Waals surface area contributed by atoms with Gasteiger partial charge in [-0.15, -0.1) is 11.3 Å². The van der Waals surface area contributed by atoms with Crippen molar-refractivity contribution in [1.29, 1.82) is 0 Å². The summed E-state index contributed by atoms with van der Waals surface area (Å²) in [6, 6.07) is 0. The second kappa shape index (κ2) is 2.84. The van der Waals surface area contributed by atoms with E-state index in [4.69, 9.17) is 10.8 Å². The van der Waals surface area contributed by atoms with E-state index < -0.39 is 11.5 Å². The van der Waals surface area contributed by atoms with Crippen molar-refractivity contribution in [3.05, 3.63) is 16.1 Å². The third kappa shape index (κ3) is 1.80. The molecule has 0 saturated carbocycles. The van der Waals surface area contributed by atoms with E-state index in [0.29, 0.717) is 5.01 Å². The molecule has 0 unspecified atom stereocenters. The summed E-state index contributed by atoms with van der Waals surface area (Å²) < 4.78 is 0. The predicted octanol–water partition coefficient (Wildman–Crippen LogP) is 1.04. The van der Waals surface area contributed by atoms with Crippen molar-refractivity contribution < 1.29 is 9.90 Å². The summed E-state index contributed by atoms with van der Waals surface area (Å²) in [6.07, 6.45) is 0. The van der Waals surface area contributed by atoms with Crippen LogP contribution in [-0.2, 0) is 5.54 Å². The van der Waals surface area contributed by atoms with E-state index in [2.05, 4.69) is 4.98 Å². The van der Waals surface area contributed by atoms with Gasteiger partial charge in [-0.05, 0) is 13.8 Å². The molecule has 3 N–H and O–H groups in total. The SMILES string of the molecule is CC(C)(N)c1nc(C(=O)O)cs1. The van der Waals surface area contributed by atoms with Gasteiger partial charge in [0.2, 0.25) is 0 Å². The van der Waals surface area contributed by atoms with Crippen molar-refractivity contribution in [2.45, 2.75) is 19.4 Å². The van der Waals surface area contributed by atoms with Gasteiger partial charge in [0.25, 0.3) is 0 Å². The third-order valence-electron chi connectivity index (χ3n) is 1.27. The molecule has 1 aromatic heterocycles. The van der Waals surface area contributed by atoms with Gasteiger partial charge in [0.15, 0.2) is 5.69 Å². The average molecular weight is 186 g/mol. The molecule has 12 heavy (non-hydrogen) atoms. The minimum absolute atomic E-state index is 0.0634. The fraction of sp³-hybridized carbons (Fsp3) is 0.429. The predicted molar refractivity (Wildman–Crippen MR) is 46.3 cm³/mol. The maximum Gasteiger partial charge on any atom is 0.355 e. The molecule has 1 rings (SSSR count). The van der Waals surface area contributed by atoms with Crippen LogP contribution in [0, 0.1) is 0 Å². The van der Waals surface area contributed by atoms with Gasteiger partial charge in [0.05, 0.1) is 5.54 Å². The van der Waals surface area contributed by atoms with Gasteiger partial charge < -0.3 is 10.8 Å². The molecule has 0 bridgehead atoms. The first kappa shape index (κ1) is 9.15. The summed E-state index contributed by atoms with van der Waals surface area (Å²) in [5, 5.41) is 10.7. The Kier molecular flexibility index (Phi) is 2.16. The van der Waals surface area contributed by atoms with Crippen molar-refractivity contribution in [3.63, 3.8) is 0 Å². The number of carbonyl (C=O) groups is 1. The van der Waals surface area contributed by atoms with Crippen LogP contribution < -0.4 is 5.73 Å². The van der Waals surface area contributed by atoms with Crippen LogP contribution in [0.1, 0.15) is 29.3 Å². The van der Waals surface area contributed by atoms with Crippen LogP contribution in [0.2, 0.25) is 0 Å². The molecule has 66 valence electrons. The van der Waals surface area contributed by atoms with Crippen molar-refractivity contribution in [1.82, 2.24) is 4.98 Å². The Hall–Kier alpha value is -0.940. The van der Waals surface area contributed by atoms with Gasteiger partial charge >= 0.3 is 5.97 Å². The fourth-order valence-electron chi connectivity index (χ4n) is 0.668. The molecule has 0 aromatic carbocycles. The summed E-state index contributed by atoms with van der Waals surface area (Å²) in [5.41, 5.74) is 5.23. The molecule has 0 aliphatic rings. The van der Waals surface area contributed by atoms with E-state index >= 15 is 0 Å². The second-order valence-electron chi connectivity index (χ2n) is 3.06. The Morgan fingerprint density at radius 2 is 2.33 bits per heavy atom. The van der Waals surface area contributed by atoms with E-state index in [-0.39, 0.29) is 5.69 Å². The zero-order valence-corrected chi connectivity index (χ0v) is 7.68. The smallest absolute Gasteiger partial charge is 0.355 e. The second-order valence-corrected chi connectivity index (χ2v) is 3.92. The summed E-state index contributed by atoms with van der Waals surface area (Å²) in [7, 11) is 0. The topological polar surface area (TPSA) is 76.2 Å². The highest BCUT2D eigenvalue weighted by Crippen LogP contribution is 2.20. The number of rotatable bonds is 2. The standard InChI is InChI=1S/C7H10N2O2S/c1-7(2,8)6-9-4(3-12-6)5(10)11/h3H,8H2,1-2H3,(H,10,11). The van der Waals surface area contributed by atoms with Crippen LogP contribution >= 0.6 is 11.3 Å². The normalized spacial score (nSPS) is 11.6. The highest BCUT2D eigenvalue weighted by molar-refractivity contribution is 7.10. The molecule has 0 aliphatic carbocycles. The van der Waals surface area contributed by atoms with Crippen molar-refractivity contribution >= 4 is 17.3 Å². The monoisotopic (exact) mass is 186 g/mol. The van der Waals surface area contributed by atoms with E-state index in [0.717, 1.165) is 0 Å². The van der Waals surface area contributed by atoms with E-state index in [9.17, 15) is 4.79 Å². The molecule has 4 nitrogen and oxygen atoms in total. The molecule has 5 heteroatoms. The molecule has 1 aromatic rings. The maximum absolute atomic E-state index is 10.4. The minimum atomic E-state index is -1.01. The average Bonchev–Trinajstić information content (AvgIpc) is 2.30. The van der Waals surface area contributed by atoms with Gasteiger partial charge in [-0.1, -0.05) is 0 Å². The van der Waals surface area contributed by atoms with E-state index in [1.54, 1.807) is 13.8 Å². The number of carboxylic acids is 1. The summed E-state index contributed by atoms with van der Waals surface area (Å²) in [4.78, 5) is 14.3. The lowest BCUT2D eigenvalue weighted by atomic mass is 10.1. The Morgan fingerprint density at radius 3 is 2.58 bits per heavy atom. The number of nitrogens with two attached hydrogens (primary N) is 1. The molecule has 0 atom stereocenters. The quantitative estimate of drug-likeness (QED) is 0.723. The highest BCUT2D eigenvalue weighted by atomic mass is 32.1. The lowest BCUT2D eigenvalue weighted by molar-refractivity contribution is 0.0691. The largest absolute Gasteiger partial charge is 0.476 e. The number of hydrogen-bond acceptors (Lipinski definition) is 4.